The van der Waals surface area contributed by atoms with Crippen LogP contribution in [-0.2, 0) is 0 Å². The fraction of sp³-hybridized carbons (Fsp3) is 0.133. The summed E-state index contributed by atoms with van der Waals surface area (Å²) in [7, 11) is 0. The summed E-state index contributed by atoms with van der Waals surface area (Å²) in [5, 5.41) is 10.1. The van der Waals surface area contributed by atoms with Gasteiger partial charge in [-0.2, -0.15) is 0 Å². The molecule has 0 atom stereocenters. The molecule has 0 spiro atoms. The van der Waals surface area contributed by atoms with Crippen LogP contribution in [0.5, 0.6) is 0 Å². The van der Waals surface area contributed by atoms with E-state index in [1.165, 1.54) is 0 Å². The van der Waals surface area contributed by atoms with Gasteiger partial charge >= 0.3 is 5.97 Å². The average molecular weight is 287 g/mol. The third kappa shape index (κ3) is 1.87. The van der Waals surface area contributed by atoms with Crippen molar-refractivity contribution < 1.29 is 14.3 Å². The first-order chi connectivity index (χ1) is 9.47. The Bertz CT molecular complexity index is 829. The summed E-state index contributed by atoms with van der Waals surface area (Å²) < 4.78 is 5.80. The fourth-order valence-electron chi connectivity index (χ4n) is 2.19. The van der Waals surface area contributed by atoms with E-state index >= 15 is 0 Å². The molecule has 0 bridgehead atoms. The Balaban J connectivity index is 2.20. The molecule has 20 heavy (non-hydrogen) atoms. The maximum atomic E-state index is 11.1. The Kier molecular flexibility index (Phi) is 2.79. The van der Waals surface area contributed by atoms with Gasteiger partial charge in [-0.1, -0.05) is 11.6 Å². The molecular weight excluding hydrogens is 274 g/mol. The highest BCUT2D eigenvalue weighted by atomic mass is 32.1. The lowest BCUT2D eigenvalue weighted by atomic mass is 10.1. The van der Waals surface area contributed by atoms with Gasteiger partial charge in [-0.05, 0) is 37.6 Å². The average Bonchev–Trinajstić information content (AvgIpc) is 2.92. The molecule has 0 saturated heterocycles. The van der Waals surface area contributed by atoms with Crippen LogP contribution in [0.1, 0.15) is 20.8 Å². The molecule has 3 rings (SSSR count). The number of furan rings is 1. The monoisotopic (exact) mass is 287 g/mol. The van der Waals surface area contributed by atoms with Gasteiger partial charge in [0.05, 0.1) is 10.6 Å². The first-order valence-electron chi connectivity index (χ1n) is 6.10. The molecule has 3 aromatic rings. The zero-order valence-corrected chi connectivity index (χ0v) is 11.9. The normalized spacial score (nSPS) is 11.1. The summed E-state index contributed by atoms with van der Waals surface area (Å²) in [6.07, 6.45) is 0. The van der Waals surface area contributed by atoms with Crippen molar-refractivity contribution in [3.8, 4) is 10.6 Å². The zero-order valence-electron chi connectivity index (χ0n) is 11.1. The van der Waals surface area contributed by atoms with Gasteiger partial charge in [-0.15, -0.1) is 11.3 Å². The predicted molar refractivity (Wildman–Crippen MR) is 80.4 cm³/mol. The number of rotatable bonds is 2. The van der Waals surface area contributed by atoms with Crippen LogP contribution in [0.2, 0.25) is 0 Å². The second kappa shape index (κ2) is 4.38. The molecule has 1 aromatic carbocycles. The van der Waals surface area contributed by atoms with Crippen molar-refractivity contribution in [1.82, 2.24) is 0 Å². The number of hydrogen-bond donors (Lipinski definition) is 2. The van der Waals surface area contributed by atoms with Crippen LogP contribution in [-0.4, -0.2) is 11.1 Å². The van der Waals surface area contributed by atoms with Crippen molar-refractivity contribution in [3.63, 3.8) is 0 Å². The molecule has 0 aliphatic rings. The number of aromatic carboxylic acids is 1. The lowest BCUT2D eigenvalue weighted by Gasteiger charge is -1.94. The molecule has 0 aliphatic heterocycles. The van der Waals surface area contributed by atoms with Crippen LogP contribution in [0.4, 0.5) is 5.69 Å². The number of carbonyl (C=O) groups is 1. The van der Waals surface area contributed by atoms with Gasteiger partial charge in [0.1, 0.15) is 16.2 Å². The lowest BCUT2D eigenvalue weighted by Crippen LogP contribution is -1.97. The van der Waals surface area contributed by atoms with Crippen LogP contribution in [0.15, 0.2) is 28.7 Å². The molecule has 102 valence electrons. The third-order valence-electron chi connectivity index (χ3n) is 3.28. The maximum absolute atomic E-state index is 11.1. The van der Waals surface area contributed by atoms with Crippen LogP contribution in [0.25, 0.3) is 21.6 Å². The molecule has 4 nitrogen and oxygen atoms in total. The quantitative estimate of drug-likeness (QED) is 0.745. The number of fused-ring (bicyclic) bond motifs is 1. The number of nitrogen functional groups attached to an aromatic ring is 1. The molecule has 5 heteroatoms. The van der Waals surface area contributed by atoms with Crippen molar-refractivity contribution in [2.75, 3.05) is 5.73 Å². The third-order valence-corrected chi connectivity index (χ3v) is 4.59. The molecule has 0 radical (unpaired) electrons. The highest BCUT2D eigenvalue weighted by Gasteiger charge is 2.20. The topological polar surface area (TPSA) is 76.5 Å². The van der Waals surface area contributed by atoms with Crippen LogP contribution in [0.3, 0.4) is 0 Å². The van der Waals surface area contributed by atoms with Crippen molar-refractivity contribution in [2.24, 2.45) is 0 Å². The van der Waals surface area contributed by atoms with Crippen LogP contribution >= 0.6 is 11.3 Å². The largest absolute Gasteiger partial charge is 0.477 e. The van der Waals surface area contributed by atoms with Gasteiger partial charge in [-0.3, -0.25) is 0 Å². The number of anilines is 1. The number of carboxylic acid groups (broad SMARTS) is 1. The summed E-state index contributed by atoms with van der Waals surface area (Å²) in [5.41, 5.74) is 8.85. The molecule has 0 unspecified atom stereocenters. The fourth-order valence-corrected chi connectivity index (χ4v) is 3.21. The predicted octanol–water partition coefficient (Wildman–Crippen LogP) is 4.06. The summed E-state index contributed by atoms with van der Waals surface area (Å²) >= 11 is 1.15. The first kappa shape index (κ1) is 12.7. The lowest BCUT2D eigenvalue weighted by molar-refractivity contribution is 0.0703. The van der Waals surface area contributed by atoms with Gasteiger partial charge in [0, 0.05) is 5.39 Å². The van der Waals surface area contributed by atoms with Gasteiger partial charge in [-0.25, -0.2) is 4.79 Å². The zero-order chi connectivity index (χ0) is 14.4. The maximum Gasteiger partial charge on any atom is 0.348 e. The summed E-state index contributed by atoms with van der Waals surface area (Å²) in [6.45, 7) is 3.83. The molecule has 0 amide bonds. The minimum absolute atomic E-state index is 0.161. The van der Waals surface area contributed by atoms with E-state index in [2.05, 4.69) is 0 Å². The van der Waals surface area contributed by atoms with Crippen molar-refractivity contribution in [1.29, 1.82) is 0 Å². The standard InChI is InChI=1S/C15H13NO3S/c1-7-3-4-10-9(5-7)6-11(19-10)13-8(2)12(16)14(20-13)15(17)18/h3-6H,16H2,1-2H3,(H,17,18). The second-order valence-electron chi connectivity index (χ2n) is 4.76. The minimum Gasteiger partial charge on any atom is -0.477 e. The number of thiophene rings is 1. The molecule has 3 N–H and O–H groups in total. The number of benzene rings is 1. The molecule has 0 fully saturated rings. The van der Waals surface area contributed by atoms with E-state index in [1.807, 2.05) is 38.1 Å². The van der Waals surface area contributed by atoms with Crippen molar-refractivity contribution >= 4 is 34.0 Å². The van der Waals surface area contributed by atoms with Gasteiger partial charge < -0.3 is 15.3 Å². The van der Waals surface area contributed by atoms with E-state index in [4.69, 9.17) is 15.3 Å². The Labute approximate surface area is 119 Å². The Hall–Kier alpha value is -2.27. The van der Waals surface area contributed by atoms with Crippen LogP contribution < -0.4 is 5.73 Å². The summed E-state index contributed by atoms with van der Waals surface area (Å²) in [6, 6.07) is 7.85. The number of hydrogen-bond acceptors (Lipinski definition) is 4. The molecular formula is C15H13NO3S. The van der Waals surface area contributed by atoms with E-state index in [-0.39, 0.29) is 4.88 Å². The van der Waals surface area contributed by atoms with Crippen LogP contribution in [0, 0.1) is 13.8 Å². The SMILES string of the molecule is Cc1ccc2oc(-c3sc(C(=O)O)c(N)c3C)cc2c1. The molecule has 2 aromatic heterocycles. The number of nitrogens with two attached hydrogens (primary N) is 1. The molecule has 0 aliphatic carbocycles. The van der Waals surface area contributed by atoms with E-state index < -0.39 is 5.97 Å². The summed E-state index contributed by atoms with van der Waals surface area (Å²) in [4.78, 5) is 12.1. The van der Waals surface area contributed by atoms with Gasteiger partial charge in [0.25, 0.3) is 0 Å². The second-order valence-corrected chi connectivity index (χ2v) is 5.78. The van der Waals surface area contributed by atoms with E-state index in [0.29, 0.717) is 11.4 Å². The van der Waals surface area contributed by atoms with Gasteiger partial charge in [0.15, 0.2) is 0 Å². The van der Waals surface area contributed by atoms with E-state index in [9.17, 15) is 4.79 Å². The molecule has 2 heterocycles. The Morgan fingerprint density at radius 3 is 2.70 bits per heavy atom. The number of aryl methyl sites for hydroxylation is 1. The number of carboxylic acids is 1. The minimum atomic E-state index is -1.01. The first-order valence-corrected chi connectivity index (χ1v) is 6.91. The van der Waals surface area contributed by atoms with Gasteiger partial charge in [0.2, 0.25) is 0 Å². The van der Waals surface area contributed by atoms with Crippen molar-refractivity contribution in [2.45, 2.75) is 13.8 Å². The highest BCUT2D eigenvalue weighted by molar-refractivity contribution is 7.18. The smallest absolute Gasteiger partial charge is 0.348 e. The Morgan fingerprint density at radius 2 is 2.05 bits per heavy atom. The summed E-state index contributed by atoms with van der Waals surface area (Å²) in [5.74, 6) is -0.346. The highest BCUT2D eigenvalue weighted by Crippen LogP contribution is 2.40. The van der Waals surface area contributed by atoms with E-state index in [1.54, 1.807) is 0 Å². The molecule has 0 saturated carbocycles. The Morgan fingerprint density at radius 1 is 1.30 bits per heavy atom. The van der Waals surface area contributed by atoms with E-state index in [0.717, 1.165) is 38.3 Å². The van der Waals surface area contributed by atoms with Crippen molar-refractivity contribution in [3.05, 3.63) is 40.3 Å².